The summed E-state index contributed by atoms with van der Waals surface area (Å²) in [7, 11) is 0. The Balaban J connectivity index is 1.55. The molecule has 1 N–H and O–H groups in total. The molecule has 1 fully saturated rings. The van der Waals surface area contributed by atoms with Crippen LogP contribution in [0.2, 0.25) is 10.0 Å². The van der Waals surface area contributed by atoms with Crippen LogP contribution in [0.4, 0.5) is 0 Å². The van der Waals surface area contributed by atoms with Gasteiger partial charge >= 0.3 is 0 Å². The molecule has 0 aromatic heterocycles. The average Bonchev–Trinajstić information content (AvgIpc) is 3.15. The van der Waals surface area contributed by atoms with Crippen LogP contribution in [-0.2, 0) is 4.79 Å². The van der Waals surface area contributed by atoms with E-state index in [1.165, 1.54) is 0 Å². The summed E-state index contributed by atoms with van der Waals surface area (Å²) >= 11 is 12.0. The van der Waals surface area contributed by atoms with Crippen LogP contribution in [0.1, 0.15) is 28.8 Å². The summed E-state index contributed by atoms with van der Waals surface area (Å²) in [4.78, 5) is 27.0. The van der Waals surface area contributed by atoms with Crippen molar-refractivity contribution in [1.29, 1.82) is 0 Å². The van der Waals surface area contributed by atoms with Crippen molar-refractivity contribution in [3.8, 4) is 5.75 Å². The number of rotatable bonds is 6. The van der Waals surface area contributed by atoms with Gasteiger partial charge in [-0.25, -0.2) is 0 Å². The molecular formula is C21H22Cl2N2O3. The summed E-state index contributed by atoms with van der Waals surface area (Å²) in [6, 6.07) is 11.9. The van der Waals surface area contributed by atoms with Crippen molar-refractivity contribution in [2.75, 3.05) is 19.7 Å². The molecule has 2 aromatic rings. The van der Waals surface area contributed by atoms with Crippen LogP contribution in [0.15, 0.2) is 42.5 Å². The van der Waals surface area contributed by atoms with E-state index in [4.69, 9.17) is 27.9 Å². The fourth-order valence-corrected chi connectivity index (χ4v) is 3.82. The molecular weight excluding hydrogens is 399 g/mol. The first-order valence-electron chi connectivity index (χ1n) is 9.19. The minimum absolute atomic E-state index is 0.174. The van der Waals surface area contributed by atoms with Crippen LogP contribution < -0.4 is 10.1 Å². The molecule has 7 heteroatoms. The van der Waals surface area contributed by atoms with Gasteiger partial charge in [0, 0.05) is 22.2 Å². The number of aryl methyl sites for hydroxylation is 1. The predicted molar refractivity (Wildman–Crippen MR) is 110 cm³/mol. The number of ether oxygens (including phenoxy) is 1. The highest BCUT2D eigenvalue weighted by Gasteiger charge is 2.34. The molecule has 2 amide bonds. The molecule has 1 unspecified atom stereocenters. The van der Waals surface area contributed by atoms with Gasteiger partial charge in [-0.05, 0) is 49.6 Å². The molecule has 1 atom stereocenters. The number of para-hydroxylation sites is 1. The fraction of sp³-hybridized carbons (Fsp3) is 0.333. The van der Waals surface area contributed by atoms with E-state index in [1.54, 1.807) is 23.1 Å². The SMILES string of the molecule is Cc1ccccc1OCCNC(=O)C1CCCN1C(=O)c1cc(Cl)cc(Cl)c1. The first-order valence-corrected chi connectivity index (χ1v) is 9.94. The first kappa shape index (κ1) is 20.5. The third kappa shape index (κ3) is 4.97. The Morgan fingerprint density at radius 3 is 2.61 bits per heavy atom. The van der Waals surface area contributed by atoms with E-state index in [2.05, 4.69) is 5.32 Å². The van der Waals surface area contributed by atoms with E-state index in [9.17, 15) is 9.59 Å². The monoisotopic (exact) mass is 420 g/mol. The Hall–Kier alpha value is -2.24. The van der Waals surface area contributed by atoms with Gasteiger partial charge < -0.3 is 15.0 Å². The third-order valence-electron chi connectivity index (χ3n) is 4.68. The van der Waals surface area contributed by atoms with Crippen molar-refractivity contribution >= 4 is 35.0 Å². The largest absolute Gasteiger partial charge is 0.491 e. The quantitative estimate of drug-likeness (QED) is 0.715. The van der Waals surface area contributed by atoms with Crippen LogP contribution >= 0.6 is 23.2 Å². The minimum atomic E-state index is -0.497. The van der Waals surface area contributed by atoms with Crippen molar-refractivity contribution < 1.29 is 14.3 Å². The van der Waals surface area contributed by atoms with Crippen molar-refractivity contribution in [2.45, 2.75) is 25.8 Å². The Morgan fingerprint density at radius 1 is 1.18 bits per heavy atom. The van der Waals surface area contributed by atoms with Gasteiger partial charge in [-0.15, -0.1) is 0 Å². The molecule has 28 heavy (non-hydrogen) atoms. The van der Waals surface area contributed by atoms with Gasteiger partial charge in [-0.3, -0.25) is 9.59 Å². The number of amides is 2. The summed E-state index contributed by atoms with van der Waals surface area (Å²) in [5, 5.41) is 3.65. The third-order valence-corrected chi connectivity index (χ3v) is 5.11. The van der Waals surface area contributed by atoms with E-state index < -0.39 is 6.04 Å². The molecule has 148 valence electrons. The number of hydrogen-bond acceptors (Lipinski definition) is 3. The number of likely N-dealkylation sites (tertiary alicyclic amines) is 1. The van der Waals surface area contributed by atoms with Gasteiger partial charge in [0.15, 0.2) is 0 Å². The number of nitrogens with zero attached hydrogens (tertiary/aromatic N) is 1. The minimum Gasteiger partial charge on any atom is -0.491 e. The smallest absolute Gasteiger partial charge is 0.254 e. The van der Waals surface area contributed by atoms with E-state index in [0.29, 0.717) is 41.7 Å². The average molecular weight is 421 g/mol. The molecule has 5 nitrogen and oxygen atoms in total. The zero-order chi connectivity index (χ0) is 20.1. The topological polar surface area (TPSA) is 58.6 Å². The van der Waals surface area contributed by atoms with Crippen LogP contribution in [-0.4, -0.2) is 42.5 Å². The molecule has 3 rings (SSSR count). The fourth-order valence-electron chi connectivity index (χ4n) is 3.30. The van der Waals surface area contributed by atoms with E-state index in [-0.39, 0.29) is 11.8 Å². The lowest BCUT2D eigenvalue weighted by Crippen LogP contribution is -2.46. The van der Waals surface area contributed by atoms with Crippen LogP contribution in [0, 0.1) is 6.92 Å². The highest BCUT2D eigenvalue weighted by molar-refractivity contribution is 6.35. The number of benzene rings is 2. The zero-order valence-corrected chi connectivity index (χ0v) is 17.1. The Bertz CT molecular complexity index is 852. The summed E-state index contributed by atoms with van der Waals surface area (Å²) in [6.07, 6.45) is 1.41. The van der Waals surface area contributed by atoms with Crippen LogP contribution in [0.25, 0.3) is 0 Å². The predicted octanol–water partition coefficient (Wildman–Crippen LogP) is 4.10. The number of halogens is 2. The maximum Gasteiger partial charge on any atom is 0.254 e. The van der Waals surface area contributed by atoms with Gasteiger partial charge in [-0.2, -0.15) is 0 Å². The molecule has 0 spiro atoms. The van der Waals surface area contributed by atoms with Gasteiger partial charge in [0.25, 0.3) is 5.91 Å². The lowest BCUT2D eigenvalue weighted by Gasteiger charge is -2.24. The second-order valence-corrected chi connectivity index (χ2v) is 7.59. The van der Waals surface area contributed by atoms with Crippen molar-refractivity contribution in [3.05, 3.63) is 63.6 Å². The Labute approximate surface area is 174 Å². The number of hydrogen-bond donors (Lipinski definition) is 1. The van der Waals surface area contributed by atoms with E-state index in [1.807, 2.05) is 31.2 Å². The summed E-state index contributed by atoms with van der Waals surface area (Å²) in [5.41, 5.74) is 1.43. The van der Waals surface area contributed by atoms with Gasteiger partial charge in [0.2, 0.25) is 5.91 Å². The molecule has 1 aliphatic rings. The standard InChI is InChI=1S/C21H22Cl2N2O3/c1-14-5-2-3-7-19(14)28-10-8-24-20(26)18-6-4-9-25(18)21(27)15-11-16(22)13-17(23)12-15/h2-3,5,7,11-13,18H,4,6,8-10H2,1H3,(H,24,26). The molecule has 1 aliphatic heterocycles. The highest BCUT2D eigenvalue weighted by Crippen LogP contribution is 2.24. The molecule has 0 bridgehead atoms. The van der Waals surface area contributed by atoms with Gasteiger partial charge in [0.05, 0.1) is 6.54 Å². The van der Waals surface area contributed by atoms with E-state index >= 15 is 0 Å². The van der Waals surface area contributed by atoms with Crippen molar-refractivity contribution in [1.82, 2.24) is 10.2 Å². The number of carbonyl (C=O) groups excluding carboxylic acids is 2. The summed E-state index contributed by atoms with van der Waals surface area (Å²) in [6.45, 7) is 3.23. The van der Waals surface area contributed by atoms with Crippen molar-refractivity contribution in [2.24, 2.45) is 0 Å². The second-order valence-electron chi connectivity index (χ2n) is 6.72. The Morgan fingerprint density at radius 2 is 1.89 bits per heavy atom. The van der Waals surface area contributed by atoms with Gasteiger partial charge in [0.1, 0.15) is 18.4 Å². The second kappa shape index (κ2) is 9.30. The lowest BCUT2D eigenvalue weighted by atomic mass is 10.1. The molecule has 0 aliphatic carbocycles. The van der Waals surface area contributed by atoms with E-state index in [0.717, 1.165) is 17.7 Å². The van der Waals surface area contributed by atoms with Gasteiger partial charge in [-0.1, -0.05) is 41.4 Å². The van der Waals surface area contributed by atoms with Crippen LogP contribution in [0.5, 0.6) is 5.75 Å². The maximum absolute atomic E-state index is 12.8. The molecule has 0 radical (unpaired) electrons. The maximum atomic E-state index is 12.8. The molecule has 1 saturated heterocycles. The normalized spacial score (nSPS) is 16.1. The molecule has 1 heterocycles. The van der Waals surface area contributed by atoms with Crippen molar-refractivity contribution in [3.63, 3.8) is 0 Å². The number of carbonyl (C=O) groups is 2. The summed E-state index contributed by atoms with van der Waals surface area (Å²) < 4.78 is 5.70. The molecule has 0 saturated carbocycles. The highest BCUT2D eigenvalue weighted by atomic mass is 35.5. The zero-order valence-electron chi connectivity index (χ0n) is 15.6. The first-order chi connectivity index (χ1) is 13.5. The number of nitrogens with one attached hydrogen (secondary N) is 1. The Kier molecular flexibility index (Phi) is 6.81. The van der Waals surface area contributed by atoms with Crippen LogP contribution in [0.3, 0.4) is 0 Å². The molecule has 2 aromatic carbocycles. The summed E-state index contributed by atoms with van der Waals surface area (Å²) in [5.74, 6) is 0.387. The lowest BCUT2D eigenvalue weighted by molar-refractivity contribution is -0.124.